The molecule has 0 aliphatic heterocycles. The normalized spacial score (nSPS) is 12.4. The van der Waals surface area contributed by atoms with Crippen LogP contribution in [0.3, 0.4) is 0 Å². The number of benzene rings is 1. The van der Waals surface area contributed by atoms with E-state index in [2.05, 4.69) is 0 Å². The molecule has 21 heavy (non-hydrogen) atoms. The summed E-state index contributed by atoms with van der Waals surface area (Å²) in [7, 11) is 1.88. The highest BCUT2D eigenvalue weighted by Crippen LogP contribution is 2.23. The Bertz CT molecular complexity index is 594. The molecule has 3 nitrogen and oxygen atoms in total. The van der Waals surface area contributed by atoms with Crippen LogP contribution in [0.1, 0.15) is 30.2 Å². The van der Waals surface area contributed by atoms with Crippen molar-refractivity contribution >= 4 is 5.69 Å². The molecule has 2 rings (SSSR count). The van der Waals surface area contributed by atoms with Crippen molar-refractivity contribution in [3.63, 3.8) is 0 Å². The van der Waals surface area contributed by atoms with Crippen molar-refractivity contribution in [2.24, 2.45) is 5.73 Å². The Morgan fingerprint density at radius 1 is 1.33 bits per heavy atom. The van der Waals surface area contributed by atoms with Crippen LogP contribution < -0.4 is 10.6 Å². The van der Waals surface area contributed by atoms with E-state index in [0.29, 0.717) is 18.7 Å². The number of aryl methyl sites for hydroxylation is 1. The summed E-state index contributed by atoms with van der Waals surface area (Å²) in [6.45, 7) is 4.57. The van der Waals surface area contributed by atoms with Gasteiger partial charge in [-0.05, 0) is 43.5 Å². The monoisotopic (exact) mass is 290 g/mol. The van der Waals surface area contributed by atoms with E-state index in [0.717, 1.165) is 23.3 Å². The molecule has 0 radical (unpaired) electrons. The molecule has 0 saturated heterocycles. The summed E-state index contributed by atoms with van der Waals surface area (Å²) in [6.07, 6.45) is 3.26. The lowest BCUT2D eigenvalue weighted by Crippen LogP contribution is -2.22. The summed E-state index contributed by atoms with van der Waals surface area (Å²) in [6, 6.07) is 7.36. The molecule has 0 aliphatic rings. The van der Waals surface area contributed by atoms with Crippen LogP contribution in [-0.2, 0) is 13.0 Å². The van der Waals surface area contributed by atoms with Gasteiger partial charge in [0.2, 0.25) is 0 Å². The molecule has 1 aromatic heterocycles. The molecule has 1 aromatic carbocycles. The lowest BCUT2D eigenvalue weighted by atomic mass is 10.0. The maximum atomic E-state index is 14.3. The minimum atomic E-state index is -0.209. The van der Waals surface area contributed by atoms with Gasteiger partial charge in [-0.2, -0.15) is 0 Å². The maximum Gasteiger partial charge on any atom is 0.146 e. The Morgan fingerprint density at radius 2 is 2.10 bits per heavy atom. The fourth-order valence-electron chi connectivity index (χ4n) is 2.35. The average Bonchev–Trinajstić information content (AvgIpc) is 2.84. The van der Waals surface area contributed by atoms with Gasteiger partial charge in [-0.25, -0.2) is 4.39 Å². The van der Waals surface area contributed by atoms with E-state index in [1.807, 2.05) is 44.0 Å². The van der Waals surface area contributed by atoms with Crippen LogP contribution in [-0.4, -0.2) is 13.1 Å². The average molecular weight is 290 g/mol. The van der Waals surface area contributed by atoms with Gasteiger partial charge in [0, 0.05) is 25.2 Å². The van der Waals surface area contributed by atoms with Gasteiger partial charge in [0.25, 0.3) is 0 Å². The summed E-state index contributed by atoms with van der Waals surface area (Å²) in [5.41, 5.74) is 8.51. The van der Waals surface area contributed by atoms with Crippen molar-refractivity contribution in [3.05, 3.63) is 53.2 Å². The van der Waals surface area contributed by atoms with Crippen LogP contribution in [0.25, 0.3) is 0 Å². The van der Waals surface area contributed by atoms with Crippen LogP contribution in [0, 0.1) is 12.7 Å². The highest BCUT2D eigenvalue weighted by atomic mass is 19.1. The molecule has 4 heteroatoms. The van der Waals surface area contributed by atoms with E-state index in [-0.39, 0.29) is 11.9 Å². The molecule has 2 aromatic rings. The van der Waals surface area contributed by atoms with Crippen molar-refractivity contribution in [2.45, 2.75) is 39.3 Å². The van der Waals surface area contributed by atoms with Gasteiger partial charge in [0.05, 0.1) is 12.0 Å². The van der Waals surface area contributed by atoms with E-state index < -0.39 is 0 Å². The zero-order chi connectivity index (χ0) is 15.4. The molecular formula is C17H23FN2O. The molecule has 1 atom stereocenters. The largest absolute Gasteiger partial charge is 0.469 e. The van der Waals surface area contributed by atoms with E-state index in [4.69, 9.17) is 10.2 Å². The van der Waals surface area contributed by atoms with Gasteiger partial charge in [0.15, 0.2) is 0 Å². The van der Waals surface area contributed by atoms with Gasteiger partial charge in [-0.3, -0.25) is 0 Å². The minimum Gasteiger partial charge on any atom is -0.469 e. The van der Waals surface area contributed by atoms with Crippen LogP contribution >= 0.6 is 0 Å². The number of nitrogens with two attached hydrogens (primary N) is 1. The summed E-state index contributed by atoms with van der Waals surface area (Å²) in [5.74, 6) is 0.659. The van der Waals surface area contributed by atoms with Crippen molar-refractivity contribution < 1.29 is 8.81 Å². The molecule has 0 bridgehead atoms. The zero-order valence-electron chi connectivity index (χ0n) is 12.9. The molecule has 1 heterocycles. The van der Waals surface area contributed by atoms with Crippen LogP contribution in [0.5, 0.6) is 0 Å². The third-order valence-corrected chi connectivity index (χ3v) is 3.82. The summed E-state index contributed by atoms with van der Waals surface area (Å²) in [4.78, 5) is 1.89. The van der Waals surface area contributed by atoms with Crippen molar-refractivity contribution in [1.29, 1.82) is 0 Å². The topological polar surface area (TPSA) is 42.4 Å². The first-order valence-corrected chi connectivity index (χ1v) is 7.29. The Labute approximate surface area is 125 Å². The van der Waals surface area contributed by atoms with Crippen molar-refractivity contribution in [3.8, 4) is 0 Å². The van der Waals surface area contributed by atoms with E-state index in [1.165, 1.54) is 0 Å². The Morgan fingerprint density at radius 3 is 2.67 bits per heavy atom. The van der Waals surface area contributed by atoms with Crippen LogP contribution in [0.4, 0.5) is 10.1 Å². The second kappa shape index (κ2) is 6.76. The van der Waals surface area contributed by atoms with E-state index in [9.17, 15) is 4.39 Å². The number of halogens is 1. The number of rotatable bonds is 6. The van der Waals surface area contributed by atoms with Gasteiger partial charge in [0.1, 0.15) is 11.6 Å². The minimum absolute atomic E-state index is 0.0848. The summed E-state index contributed by atoms with van der Waals surface area (Å²) >= 11 is 0. The highest BCUT2D eigenvalue weighted by Gasteiger charge is 2.12. The first kappa shape index (κ1) is 15.6. The third kappa shape index (κ3) is 3.85. The number of nitrogens with zero attached hydrogens (tertiary/aromatic N) is 1. The fraction of sp³-hybridized carbons (Fsp3) is 0.412. The van der Waals surface area contributed by atoms with Crippen molar-refractivity contribution in [2.75, 3.05) is 11.9 Å². The maximum absolute atomic E-state index is 14.3. The van der Waals surface area contributed by atoms with Crippen LogP contribution in [0.15, 0.2) is 34.9 Å². The quantitative estimate of drug-likeness (QED) is 0.883. The molecule has 114 valence electrons. The standard InChI is InChI=1S/C17H23FN2O/c1-4-15(19)9-13-5-6-17(16(18)10-13)20(3)11-14-7-8-21-12(14)2/h5-8,10,15H,4,9,11,19H2,1-3H3. The molecule has 0 spiro atoms. The second-order valence-electron chi connectivity index (χ2n) is 5.52. The number of anilines is 1. The smallest absolute Gasteiger partial charge is 0.146 e. The molecule has 0 amide bonds. The Hall–Kier alpha value is -1.81. The predicted octanol–water partition coefficient (Wildman–Crippen LogP) is 3.64. The van der Waals surface area contributed by atoms with Gasteiger partial charge < -0.3 is 15.1 Å². The lowest BCUT2D eigenvalue weighted by molar-refractivity contribution is 0.529. The summed E-state index contributed by atoms with van der Waals surface area (Å²) in [5, 5.41) is 0. The van der Waals surface area contributed by atoms with Crippen LogP contribution in [0.2, 0.25) is 0 Å². The van der Waals surface area contributed by atoms with Crippen molar-refractivity contribution in [1.82, 2.24) is 0 Å². The SMILES string of the molecule is CCC(N)Cc1ccc(N(C)Cc2ccoc2C)c(F)c1. The molecule has 1 unspecified atom stereocenters. The second-order valence-corrected chi connectivity index (χ2v) is 5.52. The molecular weight excluding hydrogens is 267 g/mol. The zero-order valence-corrected chi connectivity index (χ0v) is 12.9. The fourth-order valence-corrected chi connectivity index (χ4v) is 2.35. The lowest BCUT2D eigenvalue weighted by Gasteiger charge is -2.20. The first-order valence-electron chi connectivity index (χ1n) is 7.29. The first-order chi connectivity index (χ1) is 10.0. The Kier molecular flexibility index (Phi) is 5.02. The molecule has 0 saturated carbocycles. The van der Waals surface area contributed by atoms with Gasteiger partial charge in [-0.1, -0.05) is 13.0 Å². The molecule has 2 N–H and O–H groups in total. The van der Waals surface area contributed by atoms with Gasteiger partial charge in [-0.15, -0.1) is 0 Å². The van der Waals surface area contributed by atoms with E-state index >= 15 is 0 Å². The predicted molar refractivity (Wildman–Crippen MR) is 83.9 cm³/mol. The number of hydrogen-bond donors (Lipinski definition) is 1. The molecule has 0 aliphatic carbocycles. The third-order valence-electron chi connectivity index (χ3n) is 3.82. The molecule has 0 fully saturated rings. The number of hydrogen-bond acceptors (Lipinski definition) is 3. The van der Waals surface area contributed by atoms with E-state index in [1.54, 1.807) is 12.3 Å². The summed E-state index contributed by atoms with van der Waals surface area (Å²) < 4.78 is 19.6. The number of furan rings is 1. The highest BCUT2D eigenvalue weighted by molar-refractivity contribution is 5.49. The Balaban J connectivity index is 2.11. The van der Waals surface area contributed by atoms with Gasteiger partial charge >= 0.3 is 0 Å².